The van der Waals surface area contributed by atoms with Crippen LogP contribution in [0.2, 0.25) is 0 Å². The van der Waals surface area contributed by atoms with Crippen molar-refractivity contribution in [1.82, 2.24) is 14.8 Å². The van der Waals surface area contributed by atoms with Gasteiger partial charge in [-0.15, -0.1) is 0 Å². The van der Waals surface area contributed by atoms with E-state index in [2.05, 4.69) is 20.7 Å². The highest BCUT2D eigenvalue weighted by Gasteiger charge is 2.16. The summed E-state index contributed by atoms with van der Waals surface area (Å²) in [7, 11) is 0. The van der Waals surface area contributed by atoms with E-state index in [1.54, 1.807) is 38.1 Å². The lowest BCUT2D eigenvalue weighted by Gasteiger charge is -2.12. The molecule has 3 aromatic rings. The van der Waals surface area contributed by atoms with Crippen LogP contribution in [0, 0.1) is 17.0 Å². The minimum absolute atomic E-state index is 0.0400. The van der Waals surface area contributed by atoms with Gasteiger partial charge in [-0.3, -0.25) is 19.7 Å². The number of carbonyl (C=O) groups is 2. The lowest BCUT2D eigenvalue weighted by Crippen LogP contribution is -2.24. The predicted molar refractivity (Wildman–Crippen MR) is 106 cm³/mol. The highest BCUT2D eigenvalue weighted by molar-refractivity contribution is 6.04. The fourth-order valence-electron chi connectivity index (χ4n) is 2.63. The molecule has 0 saturated carbocycles. The van der Waals surface area contributed by atoms with Crippen molar-refractivity contribution < 1.29 is 14.5 Å². The minimum Gasteiger partial charge on any atom is -0.324 e. The molecule has 10 nitrogen and oxygen atoms in total. The maximum absolute atomic E-state index is 12.4. The Morgan fingerprint density at radius 1 is 1.10 bits per heavy atom. The fraction of sp³-hybridized carbons (Fsp3) is 0.158. The molecule has 0 aliphatic heterocycles. The van der Waals surface area contributed by atoms with Gasteiger partial charge in [-0.05, 0) is 50.2 Å². The van der Waals surface area contributed by atoms with Gasteiger partial charge in [-0.1, -0.05) is 0 Å². The van der Waals surface area contributed by atoms with Crippen molar-refractivity contribution in [3.63, 3.8) is 0 Å². The second-order valence-electron chi connectivity index (χ2n) is 6.33. The van der Waals surface area contributed by atoms with Gasteiger partial charge >= 0.3 is 0 Å². The van der Waals surface area contributed by atoms with Gasteiger partial charge in [-0.25, -0.2) is 9.67 Å². The topological polar surface area (TPSA) is 132 Å². The van der Waals surface area contributed by atoms with E-state index < -0.39 is 11.0 Å². The second kappa shape index (κ2) is 8.30. The molecule has 0 aliphatic rings. The number of carbonyl (C=O) groups excluding carboxylic acids is 2. The molecule has 29 heavy (non-hydrogen) atoms. The number of amides is 2. The Kier molecular flexibility index (Phi) is 5.63. The van der Waals surface area contributed by atoms with E-state index in [4.69, 9.17) is 0 Å². The zero-order chi connectivity index (χ0) is 21.0. The van der Waals surface area contributed by atoms with Crippen LogP contribution in [0.5, 0.6) is 0 Å². The van der Waals surface area contributed by atoms with E-state index in [0.29, 0.717) is 22.5 Å². The summed E-state index contributed by atoms with van der Waals surface area (Å²) in [6.45, 7) is 3.28. The van der Waals surface area contributed by atoms with E-state index in [1.165, 1.54) is 35.5 Å². The summed E-state index contributed by atoms with van der Waals surface area (Å²) >= 11 is 0. The van der Waals surface area contributed by atoms with Crippen LogP contribution >= 0.6 is 0 Å². The number of anilines is 2. The predicted octanol–water partition coefficient (Wildman–Crippen LogP) is 2.95. The van der Waals surface area contributed by atoms with Crippen LogP contribution in [0.1, 0.15) is 28.9 Å². The molecule has 0 fully saturated rings. The monoisotopic (exact) mass is 394 g/mol. The molecule has 0 radical (unpaired) electrons. The number of hydrogen-bond donors (Lipinski definition) is 2. The van der Waals surface area contributed by atoms with E-state index in [0.717, 1.165) is 0 Å². The molecular weight excluding hydrogens is 376 g/mol. The van der Waals surface area contributed by atoms with Crippen molar-refractivity contribution in [1.29, 1.82) is 0 Å². The lowest BCUT2D eigenvalue weighted by molar-refractivity contribution is -0.385. The summed E-state index contributed by atoms with van der Waals surface area (Å²) in [5.74, 6) is -0.645. The van der Waals surface area contributed by atoms with Crippen LogP contribution in [0.15, 0.2) is 55.1 Å². The number of nitro benzene ring substituents is 1. The van der Waals surface area contributed by atoms with Crippen molar-refractivity contribution in [2.75, 3.05) is 10.6 Å². The van der Waals surface area contributed by atoms with Gasteiger partial charge in [0.1, 0.15) is 18.7 Å². The first-order valence-corrected chi connectivity index (χ1v) is 8.66. The molecule has 0 saturated heterocycles. The van der Waals surface area contributed by atoms with E-state index in [-0.39, 0.29) is 17.5 Å². The Morgan fingerprint density at radius 2 is 1.76 bits per heavy atom. The zero-order valence-electron chi connectivity index (χ0n) is 15.7. The Bertz CT molecular complexity index is 1050. The van der Waals surface area contributed by atoms with Gasteiger partial charge in [0, 0.05) is 28.6 Å². The number of benzene rings is 2. The standard InChI is InChI=1S/C19H18N6O4/c1-12-9-14(3-8-17(12)25(28)29)19(27)23-16-6-4-15(5-7-16)22-18(26)13(2)24-11-20-10-21-24/h3-11,13H,1-2H3,(H,22,26)(H,23,27). The first-order valence-electron chi connectivity index (χ1n) is 8.66. The van der Waals surface area contributed by atoms with Crippen molar-refractivity contribution in [3.05, 3.63) is 76.4 Å². The Balaban J connectivity index is 1.63. The number of nitrogens with zero attached hydrogens (tertiary/aromatic N) is 4. The largest absolute Gasteiger partial charge is 0.324 e. The lowest BCUT2D eigenvalue weighted by atomic mass is 10.1. The maximum Gasteiger partial charge on any atom is 0.272 e. The van der Waals surface area contributed by atoms with E-state index in [9.17, 15) is 19.7 Å². The molecule has 0 spiro atoms. The Morgan fingerprint density at radius 3 is 2.31 bits per heavy atom. The number of aryl methyl sites for hydroxylation is 1. The number of aromatic nitrogens is 3. The van der Waals surface area contributed by atoms with Gasteiger partial charge in [0.15, 0.2) is 0 Å². The summed E-state index contributed by atoms with van der Waals surface area (Å²) in [4.78, 5) is 38.8. The fourth-order valence-corrected chi connectivity index (χ4v) is 2.63. The van der Waals surface area contributed by atoms with Crippen LogP contribution in [-0.4, -0.2) is 31.5 Å². The van der Waals surface area contributed by atoms with Gasteiger partial charge < -0.3 is 10.6 Å². The molecule has 10 heteroatoms. The second-order valence-corrected chi connectivity index (χ2v) is 6.33. The van der Waals surface area contributed by atoms with Gasteiger partial charge in [-0.2, -0.15) is 5.10 Å². The summed E-state index contributed by atoms with van der Waals surface area (Å²) in [6, 6.07) is 10.2. The number of hydrogen-bond acceptors (Lipinski definition) is 6. The quantitative estimate of drug-likeness (QED) is 0.488. The normalized spacial score (nSPS) is 11.5. The number of nitrogens with one attached hydrogen (secondary N) is 2. The third kappa shape index (κ3) is 4.61. The molecule has 2 aromatic carbocycles. The Hall–Kier alpha value is -4.08. The Labute approximate surface area is 165 Å². The SMILES string of the molecule is Cc1cc(C(=O)Nc2ccc(NC(=O)C(C)n3cncn3)cc2)ccc1[N+](=O)[O-]. The van der Waals surface area contributed by atoms with Crippen LogP contribution in [0.3, 0.4) is 0 Å². The van der Waals surface area contributed by atoms with Crippen molar-refractivity contribution >= 4 is 28.9 Å². The first-order chi connectivity index (χ1) is 13.8. The molecular formula is C19H18N6O4. The van der Waals surface area contributed by atoms with Gasteiger partial charge in [0.2, 0.25) is 5.91 Å². The molecule has 148 valence electrons. The molecule has 1 unspecified atom stereocenters. The van der Waals surface area contributed by atoms with Crippen molar-refractivity contribution in [2.24, 2.45) is 0 Å². The van der Waals surface area contributed by atoms with Gasteiger partial charge in [0.05, 0.1) is 4.92 Å². The molecule has 1 heterocycles. The molecule has 0 bridgehead atoms. The van der Waals surface area contributed by atoms with E-state index in [1.807, 2.05) is 0 Å². The molecule has 1 aromatic heterocycles. The summed E-state index contributed by atoms with van der Waals surface area (Å²) in [6.07, 6.45) is 2.82. The van der Waals surface area contributed by atoms with E-state index >= 15 is 0 Å². The zero-order valence-corrected chi connectivity index (χ0v) is 15.7. The highest BCUT2D eigenvalue weighted by atomic mass is 16.6. The molecule has 2 N–H and O–H groups in total. The number of rotatable bonds is 6. The van der Waals surface area contributed by atoms with Crippen molar-refractivity contribution in [3.8, 4) is 0 Å². The van der Waals surface area contributed by atoms with Crippen LogP contribution < -0.4 is 10.6 Å². The molecule has 3 rings (SSSR count). The van der Waals surface area contributed by atoms with Crippen LogP contribution in [0.4, 0.5) is 17.1 Å². The van der Waals surface area contributed by atoms with Crippen LogP contribution in [0.25, 0.3) is 0 Å². The van der Waals surface area contributed by atoms with Crippen LogP contribution in [-0.2, 0) is 4.79 Å². The average molecular weight is 394 g/mol. The smallest absolute Gasteiger partial charge is 0.272 e. The third-order valence-electron chi connectivity index (χ3n) is 4.28. The first kappa shape index (κ1) is 19.7. The highest BCUT2D eigenvalue weighted by Crippen LogP contribution is 2.20. The summed E-state index contributed by atoms with van der Waals surface area (Å²) in [5.41, 5.74) is 1.76. The average Bonchev–Trinajstić information content (AvgIpc) is 3.23. The molecule has 2 amide bonds. The summed E-state index contributed by atoms with van der Waals surface area (Å²) < 4.78 is 1.44. The third-order valence-corrected chi connectivity index (χ3v) is 4.28. The van der Waals surface area contributed by atoms with Gasteiger partial charge in [0.25, 0.3) is 11.6 Å². The van der Waals surface area contributed by atoms with Crippen molar-refractivity contribution in [2.45, 2.75) is 19.9 Å². The maximum atomic E-state index is 12.4. The molecule has 1 atom stereocenters. The number of nitro groups is 1. The summed E-state index contributed by atoms with van der Waals surface area (Å²) in [5, 5.41) is 20.3. The molecule has 0 aliphatic carbocycles. The minimum atomic E-state index is -0.526.